The first-order valence-corrected chi connectivity index (χ1v) is 8.36. The zero-order valence-corrected chi connectivity index (χ0v) is 13.6. The minimum Gasteiger partial charge on any atom is -0.308 e. The van der Waals surface area contributed by atoms with Crippen LogP contribution >= 0.6 is 0 Å². The second-order valence-electron chi connectivity index (χ2n) is 7.18. The highest BCUT2D eigenvalue weighted by Gasteiger charge is 2.41. The summed E-state index contributed by atoms with van der Waals surface area (Å²) in [7, 11) is 0. The first kappa shape index (κ1) is 14.9. The molecule has 4 nitrogen and oxygen atoms in total. The Morgan fingerprint density at radius 2 is 2.14 bits per heavy atom. The Balaban J connectivity index is 1.77. The van der Waals surface area contributed by atoms with Crippen molar-refractivity contribution in [1.29, 1.82) is 0 Å². The summed E-state index contributed by atoms with van der Waals surface area (Å²) < 4.78 is 0. The maximum atomic E-state index is 4.60. The minimum atomic E-state index is 0.369. The Morgan fingerprint density at radius 1 is 1.38 bits per heavy atom. The van der Waals surface area contributed by atoms with Crippen LogP contribution in [-0.4, -0.2) is 39.5 Å². The Labute approximate surface area is 128 Å². The van der Waals surface area contributed by atoms with Gasteiger partial charge >= 0.3 is 0 Å². The molecule has 1 aromatic rings. The lowest BCUT2D eigenvalue weighted by molar-refractivity contribution is 0.0497. The lowest BCUT2D eigenvalue weighted by Gasteiger charge is -2.47. The predicted molar refractivity (Wildman–Crippen MR) is 85.0 cm³/mol. The SMILES string of the molecule is Cc1nccc(CN2CC3(CCCC3)NCC2C(C)C)n1. The van der Waals surface area contributed by atoms with Crippen molar-refractivity contribution in [2.45, 2.75) is 64.6 Å². The van der Waals surface area contributed by atoms with Gasteiger partial charge in [-0.15, -0.1) is 0 Å². The molecular formula is C17H28N4. The molecule has 1 aliphatic heterocycles. The number of nitrogens with one attached hydrogen (secondary N) is 1. The molecule has 1 unspecified atom stereocenters. The number of hydrogen-bond acceptors (Lipinski definition) is 4. The summed E-state index contributed by atoms with van der Waals surface area (Å²) in [5.41, 5.74) is 1.52. The van der Waals surface area contributed by atoms with Crippen LogP contribution in [0.3, 0.4) is 0 Å². The number of aromatic nitrogens is 2. The monoisotopic (exact) mass is 288 g/mol. The zero-order valence-electron chi connectivity index (χ0n) is 13.6. The van der Waals surface area contributed by atoms with Gasteiger partial charge in [-0.05, 0) is 31.7 Å². The standard InChI is InChI=1S/C17H28N4/c1-13(2)16-10-19-17(7-4-5-8-17)12-21(16)11-15-6-9-18-14(3)20-15/h6,9,13,16,19H,4-5,7-8,10-12H2,1-3H3. The lowest BCUT2D eigenvalue weighted by Crippen LogP contribution is -2.64. The average Bonchev–Trinajstić information content (AvgIpc) is 2.86. The van der Waals surface area contributed by atoms with Crippen molar-refractivity contribution < 1.29 is 0 Å². The molecule has 2 aliphatic rings. The van der Waals surface area contributed by atoms with Gasteiger partial charge in [-0.2, -0.15) is 0 Å². The van der Waals surface area contributed by atoms with Gasteiger partial charge in [-0.3, -0.25) is 4.90 Å². The van der Waals surface area contributed by atoms with Gasteiger partial charge in [-0.25, -0.2) is 9.97 Å². The van der Waals surface area contributed by atoms with Crippen molar-refractivity contribution in [3.8, 4) is 0 Å². The number of rotatable bonds is 3. The summed E-state index contributed by atoms with van der Waals surface area (Å²) in [5, 5.41) is 3.88. The van der Waals surface area contributed by atoms with Gasteiger partial charge in [0.05, 0.1) is 5.69 Å². The molecule has 1 saturated carbocycles. The molecule has 2 heterocycles. The molecular weight excluding hydrogens is 260 g/mol. The fourth-order valence-corrected chi connectivity index (χ4v) is 4.03. The molecule has 0 aromatic carbocycles. The van der Waals surface area contributed by atoms with E-state index in [2.05, 4.69) is 40.1 Å². The fraction of sp³-hybridized carbons (Fsp3) is 0.765. The lowest BCUT2D eigenvalue weighted by atomic mass is 9.89. The summed E-state index contributed by atoms with van der Waals surface area (Å²) in [4.78, 5) is 11.5. The molecule has 3 rings (SSSR count). The third kappa shape index (κ3) is 3.27. The summed E-state index contributed by atoms with van der Waals surface area (Å²) >= 11 is 0. The normalized spacial score (nSPS) is 25.8. The van der Waals surface area contributed by atoms with Gasteiger partial charge < -0.3 is 5.32 Å². The van der Waals surface area contributed by atoms with E-state index >= 15 is 0 Å². The molecule has 1 atom stereocenters. The zero-order chi connectivity index (χ0) is 14.9. The predicted octanol–water partition coefficient (Wildman–Crippen LogP) is 2.53. The number of aryl methyl sites for hydroxylation is 1. The van der Waals surface area contributed by atoms with Gasteiger partial charge in [0.2, 0.25) is 0 Å². The van der Waals surface area contributed by atoms with Crippen LogP contribution < -0.4 is 5.32 Å². The van der Waals surface area contributed by atoms with E-state index in [4.69, 9.17) is 0 Å². The summed E-state index contributed by atoms with van der Waals surface area (Å²) in [5.74, 6) is 1.54. The van der Waals surface area contributed by atoms with Crippen LogP contribution in [0.1, 0.15) is 51.0 Å². The van der Waals surface area contributed by atoms with Crippen molar-refractivity contribution in [2.24, 2.45) is 5.92 Å². The van der Waals surface area contributed by atoms with E-state index in [0.29, 0.717) is 17.5 Å². The van der Waals surface area contributed by atoms with Gasteiger partial charge in [0.25, 0.3) is 0 Å². The van der Waals surface area contributed by atoms with Crippen LogP contribution in [-0.2, 0) is 6.54 Å². The Kier molecular flexibility index (Phi) is 4.27. The van der Waals surface area contributed by atoms with Crippen LogP contribution in [0.2, 0.25) is 0 Å². The van der Waals surface area contributed by atoms with E-state index in [1.165, 1.54) is 32.2 Å². The summed E-state index contributed by atoms with van der Waals surface area (Å²) in [6.07, 6.45) is 7.30. The first-order valence-electron chi connectivity index (χ1n) is 8.36. The smallest absolute Gasteiger partial charge is 0.125 e. The summed E-state index contributed by atoms with van der Waals surface area (Å²) in [6.45, 7) is 9.87. The van der Waals surface area contributed by atoms with Crippen LogP contribution in [0.5, 0.6) is 0 Å². The van der Waals surface area contributed by atoms with Gasteiger partial charge in [0.15, 0.2) is 0 Å². The average molecular weight is 288 g/mol. The van der Waals surface area contributed by atoms with E-state index in [1.807, 2.05) is 13.1 Å². The van der Waals surface area contributed by atoms with E-state index in [0.717, 1.165) is 24.6 Å². The molecule has 0 bridgehead atoms. The number of nitrogens with zero attached hydrogens (tertiary/aromatic N) is 3. The van der Waals surface area contributed by atoms with Crippen LogP contribution in [0, 0.1) is 12.8 Å². The van der Waals surface area contributed by atoms with Crippen molar-refractivity contribution in [3.05, 3.63) is 23.8 Å². The second kappa shape index (κ2) is 6.01. The van der Waals surface area contributed by atoms with E-state index in [-0.39, 0.29) is 0 Å². The Hall–Kier alpha value is -1.00. The first-order chi connectivity index (χ1) is 10.1. The van der Waals surface area contributed by atoms with E-state index in [9.17, 15) is 0 Å². The van der Waals surface area contributed by atoms with Gasteiger partial charge in [0.1, 0.15) is 5.82 Å². The summed E-state index contributed by atoms with van der Waals surface area (Å²) in [6, 6.07) is 2.67. The molecule has 0 amide bonds. The molecule has 116 valence electrons. The molecule has 2 fully saturated rings. The van der Waals surface area contributed by atoms with Crippen LogP contribution in [0.25, 0.3) is 0 Å². The maximum Gasteiger partial charge on any atom is 0.125 e. The highest BCUT2D eigenvalue weighted by Crippen LogP contribution is 2.34. The third-order valence-electron chi connectivity index (χ3n) is 5.19. The largest absolute Gasteiger partial charge is 0.308 e. The molecule has 1 aromatic heterocycles. The molecule has 4 heteroatoms. The van der Waals surface area contributed by atoms with Crippen molar-refractivity contribution in [3.63, 3.8) is 0 Å². The maximum absolute atomic E-state index is 4.60. The number of hydrogen-bond donors (Lipinski definition) is 1. The molecule has 1 saturated heterocycles. The highest BCUT2D eigenvalue weighted by molar-refractivity contribution is 5.06. The van der Waals surface area contributed by atoms with Gasteiger partial charge in [-0.1, -0.05) is 26.7 Å². The van der Waals surface area contributed by atoms with E-state index in [1.54, 1.807) is 0 Å². The molecule has 1 spiro atoms. The van der Waals surface area contributed by atoms with Crippen molar-refractivity contribution in [2.75, 3.05) is 13.1 Å². The minimum absolute atomic E-state index is 0.369. The Bertz CT molecular complexity index is 479. The fourth-order valence-electron chi connectivity index (χ4n) is 4.03. The molecule has 1 N–H and O–H groups in total. The van der Waals surface area contributed by atoms with Crippen LogP contribution in [0.15, 0.2) is 12.3 Å². The van der Waals surface area contributed by atoms with Gasteiger partial charge in [0, 0.05) is 37.4 Å². The van der Waals surface area contributed by atoms with Crippen LogP contribution in [0.4, 0.5) is 0 Å². The van der Waals surface area contributed by atoms with Crippen molar-refractivity contribution >= 4 is 0 Å². The van der Waals surface area contributed by atoms with Crippen molar-refractivity contribution in [1.82, 2.24) is 20.2 Å². The highest BCUT2D eigenvalue weighted by atomic mass is 15.3. The third-order valence-corrected chi connectivity index (χ3v) is 5.19. The number of piperazine rings is 1. The topological polar surface area (TPSA) is 41.1 Å². The Morgan fingerprint density at radius 3 is 2.81 bits per heavy atom. The molecule has 0 radical (unpaired) electrons. The molecule has 1 aliphatic carbocycles. The molecule has 21 heavy (non-hydrogen) atoms. The van der Waals surface area contributed by atoms with E-state index < -0.39 is 0 Å². The second-order valence-corrected chi connectivity index (χ2v) is 7.18. The quantitative estimate of drug-likeness (QED) is 0.928.